The summed E-state index contributed by atoms with van der Waals surface area (Å²) in [5, 5.41) is 0. The highest BCUT2D eigenvalue weighted by atomic mass is 79.9. The lowest BCUT2D eigenvalue weighted by Crippen LogP contribution is -2.39. The number of hydrogen-bond acceptors (Lipinski definition) is 5. The van der Waals surface area contributed by atoms with Crippen LogP contribution in [0.5, 0.6) is 11.5 Å². The smallest absolute Gasteiger partial charge is 0.161 e. The predicted molar refractivity (Wildman–Crippen MR) is 143 cm³/mol. The average Bonchev–Trinajstić information content (AvgIpc) is 2.88. The summed E-state index contributed by atoms with van der Waals surface area (Å²) in [6.07, 6.45) is 4.56. The molecule has 1 heterocycles. The van der Waals surface area contributed by atoms with Gasteiger partial charge in [0.05, 0.1) is 6.61 Å². The summed E-state index contributed by atoms with van der Waals surface area (Å²) in [4.78, 5) is 28.9. The van der Waals surface area contributed by atoms with E-state index in [1.807, 2.05) is 49.4 Å². The fourth-order valence-corrected chi connectivity index (χ4v) is 6.19. The number of Topliss-reactive ketones (excluding diaryl/α,β-unsaturated/α-hetero) is 2. The topological polar surface area (TPSA) is 55.8 Å². The maximum atomic E-state index is 13.3. The van der Waals surface area contributed by atoms with Crippen molar-refractivity contribution in [1.82, 2.24) is 4.90 Å². The Hall–Kier alpha value is -2.86. The van der Waals surface area contributed by atoms with Crippen molar-refractivity contribution in [1.29, 1.82) is 0 Å². The minimum atomic E-state index is -0.338. The normalized spacial score (nSPS) is 18.4. The molecule has 2 aromatic rings. The van der Waals surface area contributed by atoms with Crippen LogP contribution in [0.4, 0.5) is 0 Å². The maximum absolute atomic E-state index is 13.3. The van der Waals surface area contributed by atoms with E-state index in [0.717, 1.165) is 70.4 Å². The first kappa shape index (κ1) is 24.8. The number of halogens is 1. The molecule has 6 heteroatoms. The van der Waals surface area contributed by atoms with Crippen molar-refractivity contribution in [2.24, 2.45) is 0 Å². The molecule has 2 aliphatic carbocycles. The largest absolute Gasteiger partial charge is 0.490 e. The van der Waals surface area contributed by atoms with Crippen LogP contribution in [0.3, 0.4) is 0 Å². The second kappa shape index (κ2) is 10.6. The van der Waals surface area contributed by atoms with Gasteiger partial charge in [0.2, 0.25) is 0 Å². The molecule has 0 N–H and O–H groups in total. The highest BCUT2D eigenvalue weighted by Crippen LogP contribution is 2.50. The molecular weight excluding hydrogens is 518 g/mol. The number of nitrogens with zero attached hydrogens (tertiary/aromatic N) is 1. The van der Waals surface area contributed by atoms with Crippen LogP contribution in [0.25, 0.3) is 0 Å². The van der Waals surface area contributed by atoms with Gasteiger partial charge in [-0.2, -0.15) is 0 Å². The molecular formula is C30H32BrNO4. The van der Waals surface area contributed by atoms with Gasteiger partial charge in [-0.3, -0.25) is 9.59 Å². The van der Waals surface area contributed by atoms with Crippen molar-refractivity contribution in [3.8, 4) is 11.5 Å². The summed E-state index contributed by atoms with van der Waals surface area (Å²) in [5.74, 6) is 1.27. The molecule has 0 fully saturated rings. The summed E-state index contributed by atoms with van der Waals surface area (Å²) in [6, 6.07) is 13.9. The van der Waals surface area contributed by atoms with E-state index < -0.39 is 0 Å². The number of carbonyl (C=O) groups excluding carboxylic acids is 2. The molecule has 0 unspecified atom stereocenters. The SMILES string of the molecule is CCOc1cc(C2C3=C(CCCC3=O)N(CC)C3=C2C(=O)CCC3)ccc1OCc1ccccc1Br. The molecule has 3 aliphatic rings. The molecule has 0 aromatic heterocycles. The first-order chi connectivity index (χ1) is 17.5. The van der Waals surface area contributed by atoms with Crippen LogP contribution >= 0.6 is 15.9 Å². The third-order valence-corrected chi connectivity index (χ3v) is 8.12. The van der Waals surface area contributed by atoms with Gasteiger partial charge in [-0.25, -0.2) is 0 Å². The van der Waals surface area contributed by atoms with Crippen molar-refractivity contribution in [2.75, 3.05) is 13.2 Å². The molecule has 0 amide bonds. The third kappa shape index (κ3) is 4.52. The van der Waals surface area contributed by atoms with Crippen LogP contribution in [0.1, 0.15) is 69.4 Å². The molecule has 0 saturated carbocycles. The number of ether oxygens (including phenoxy) is 2. The lowest BCUT2D eigenvalue weighted by molar-refractivity contribution is -0.117. The maximum Gasteiger partial charge on any atom is 0.161 e. The van der Waals surface area contributed by atoms with Crippen LogP contribution < -0.4 is 9.47 Å². The molecule has 2 aromatic carbocycles. The summed E-state index contributed by atoms with van der Waals surface area (Å²) in [7, 11) is 0. The molecule has 5 rings (SSSR count). The Balaban J connectivity index is 1.57. The van der Waals surface area contributed by atoms with E-state index in [9.17, 15) is 9.59 Å². The van der Waals surface area contributed by atoms with E-state index in [1.54, 1.807) is 0 Å². The van der Waals surface area contributed by atoms with Crippen molar-refractivity contribution < 1.29 is 19.1 Å². The number of carbonyl (C=O) groups is 2. The Labute approximate surface area is 221 Å². The highest BCUT2D eigenvalue weighted by Gasteiger charge is 2.43. The average molecular weight is 550 g/mol. The Kier molecular flexibility index (Phi) is 7.33. The Morgan fingerprint density at radius 1 is 0.861 bits per heavy atom. The molecule has 36 heavy (non-hydrogen) atoms. The van der Waals surface area contributed by atoms with Gasteiger partial charge in [-0.1, -0.05) is 40.2 Å². The molecule has 0 spiro atoms. The quantitative estimate of drug-likeness (QED) is 0.377. The number of hydrogen-bond donors (Lipinski definition) is 0. The van der Waals surface area contributed by atoms with Gasteiger partial charge in [0.1, 0.15) is 6.61 Å². The third-order valence-electron chi connectivity index (χ3n) is 7.34. The monoisotopic (exact) mass is 549 g/mol. The molecule has 0 radical (unpaired) electrons. The van der Waals surface area contributed by atoms with Gasteiger partial charge in [-0.15, -0.1) is 0 Å². The molecule has 5 nitrogen and oxygen atoms in total. The summed E-state index contributed by atoms with van der Waals surface area (Å²) in [6.45, 7) is 5.72. The first-order valence-corrected chi connectivity index (χ1v) is 13.8. The Morgan fingerprint density at radius 2 is 1.53 bits per heavy atom. The number of ketones is 2. The van der Waals surface area contributed by atoms with Gasteiger partial charge < -0.3 is 14.4 Å². The lowest BCUT2D eigenvalue weighted by atomic mass is 9.71. The van der Waals surface area contributed by atoms with E-state index in [4.69, 9.17) is 9.47 Å². The zero-order chi connectivity index (χ0) is 25.2. The van der Waals surface area contributed by atoms with Crippen LogP contribution in [0, 0.1) is 0 Å². The van der Waals surface area contributed by atoms with Crippen LogP contribution in [0.15, 0.2) is 69.5 Å². The molecule has 1 aliphatic heterocycles. The minimum Gasteiger partial charge on any atom is -0.490 e. The Morgan fingerprint density at radius 3 is 2.14 bits per heavy atom. The van der Waals surface area contributed by atoms with Gasteiger partial charge in [0.15, 0.2) is 23.1 Å². The summed E-state index contributed by atoms with van der Waals surface area (Å²) in [5.41, 5.74) is 5.80. The van der Waals surface area contributed by atoms with E-state index in [2.05, 4.69) is 27.8 Å². The highest BCUT2D eigenvalue weighted by molar-refractivity contribution is 9.10. The lowest BCUT2D eigenvalue weighted by Gasteiger charge is -2.43. The fourth-order valence-electron chi connectivity index (χ4n) is 5.79. The van der Waals surface area contributed by atoms with Crippen LogP contribution in [0.2, 0.25) is 0 Å². The van der Waals surface area contributed by atoms with Gasteiger partial charge in [0, 0.05) is 57.9 Å². The van der Waals surface area contributed by atoms with Crippen molar-refractivity contribution in [3.63, 3.8) is 0 Å². The molecule has 188 valence electrons. The standard InChI is InChI=1S/C30H32BrNO4/c1-3-32-22-11-7-13-24(33)29(22)28(30-23(32)12-8-14-25(30)34)19-15-16-26(27(17-19)35-4-2)36-18-20-9-5-6-10-21(20)31/h5-6,9-10,15-17,28H,3-4,7-8,11-14,18H2,1-2H3. The van der Waals surface area contributed by atoms with Gasteiger partial charge in [-0.05, 0) is 63.3 Å². The zero-order valence-corrected chi connectivity index (χ0v) is 22.5. The first-order valence-electron chi connectivity index (χ1n) is 13.0. The number of rotatable bonds is 7. The number of allylic oxidation sites excluding steroid dienone is 4. The molecule has 0 bridgehead atoms. The molecule has 0 atom stereocenters. The molecule has 0 saturated heterocycles. The minimum absolute atomic E-state index is 0.164. The number of benzene rings is 2. The fraction of sp³-hybridized carbons (Fsp3) is 0.400. The summed E-state index contributed by atoms with van der Waals surface area (Å²) < 4.78 is 13.2. The van der Waals surface area contributed by atoms with Crippen molar-refractivity contribution in [2.45, 2.75) is 64.9 Å². The second-order valence-corrected chi connectivity index (χ2v) is 10.3. The van der Waals surface area contributed by atoms with Crippen LogP contribution in [-0.4, -0.2) is 29.6 Å². The van der Waals surface area contributed by atoms with Crippen LogP contribution in [-0.2, 0) is 16.2 Å². The predicted octanol–water partition coefficient (Wildman–Crippen LogP) is 6.86. The van der Waals surface area contributed by atoms with Gasteiger partial charge >= 0.3 is 0 Å². The van der Waals surface area contributed by atoms with Crippen molar-refractivity contribution >= 4 is 27.5 Å². The van der Waals surface area contributed by atoms with E-state index in [0.29, 0.717) is 37.6 Å². The van der Waals surface area contributed by atoms with E-state index >= 15 is 0 Å². The second-order valence-electron chi connectivity index (χ2n) is 9.47. The zero-order valence-electron chi connectivity index (χ0n) is 20.9. The Bertz CT molecular complexity index is 1220. The van der Waals surface area contributed by atoms with E-state index in [1.165, 1.54) is 0 Å². The van der Waals surface area contributed by atoms with E-state index in [-0.39, 0.29) is 17.5 Å². The van der Waals surface area contributed by atoms with Crippen molar-refractivity contribution in [3.05, 3.63) is 80.6 Å². The summed E-state index contributed by atoms with van der Waals surface area (Å²) >= 11 is 3.58. The van der Waals surface area contributed by atoms with Gasteiger partial charge in [0.25, 0.3) is 0 Å².